The molecule has 2 atom stereocenters. The third-order valence-electron chi connectivity index (χ3n) is 2.58. The number of rotatable bonds is 8. The van der Waals surface area contributed by atoms with E-state index in [1.54, 1.807) is 0 Å². The van der Waals surface area contributed by atoms with E-state index >= 15 is 0 Å². The predicted octanol–water partition coefficient (Wildman–Crippen LogP) is 2.42. The molecule has 3 heteroatoms. The fourth-order valence-corrected chi connectivity index (χ4v) is 1.44. The lowest BCUT2D eigenvalue weighted by molar-refractivity contribution is -0.141. The van der Waals surface area contributed by atoms with Crippen LogP contribution in [0.4, 0.5) is 0 Å². The van der Waals surface area contributed by atoms with Gasteiger partial charge in [-0.25, -0.2) is 0 Å². The van der Waals surface area contributed by atoms with E-state index in [2.05, 4.69) is 26.0 Å². The first-order valence-corrected chi connectivity index (χ1v) is 5.69. The van der Waals surface area contributed by atoms with Crippen LogP contribution >= 0.6 is 0 Å². The van der Waals surface area contributed by atoms with Gasteiger partial charge in [-0.2, -0.15) is 0 Å². The van der Waals surface area contributed by atoms with E-state index in [0.29, 0.717) is 12.3 Å². The van der Waals surface area contributed by atoms with E-state index in [1.807, 2.05) is 0 Å². The Hall–Kier alpha value is -0.830. The van der Waals surface area contributed by atoms with Crippen LogP contribution in [0.3, 0.4) is 0 Å². The van der Waals surface area contributed by atoms with Gasteiger partial charge in [-0.1, -0.05) is 26.0 Å². The standard InChI is InChI=1S/C12H23NO2/c1-3-4-5-6-10(2)7-8-11(9-13)12(14)15/h4-5,10-11H,3,6-9,13H2,1-2H3,(H,14,15)/b5-4+. The predicted molar refractivity (Wildman–Crippen MR) is 62.6 cm³/mol. The Labute approximate surface area is 92.4 Å². The minimum Gasteiger partial charge on any atom is -0.481 e. The Bertz CT molecular complexity index is 202. The van der Waals surface area contributed by atoms with Gasteiger partial charge in [-0.05, 0) is 31.6 Å². The van der Waals surface area contributed by atoms with Gasteiger partial charge in [0, 0.05) is 6.54 Å². The van der Waals surface area contributed by atoms with E-state index in [0.717, 1.165) is 19.3 Å². The Morgan fingerprint density at radius 1 is 1.40 bits per heavy atom. The fourth-order valence-electron chi connectivity index (χ4n) is 1.44. The molecule has 2 unspecified atom stereocenters. The normalized spacial score (nSPS) is 15.4. The van der Waals surface area contributed by atoms with Crippen LogP contribution in [0.15, 0.2) is 12.2 Å². The molecule has 0 amide bonds. The summed E-state index contributed by atoms with van der Waals surface area (Å²) in [4.78, 5) is 10.7. The highest BCUT2D eigenvalue weighted by atomic mass is 16.4. The molecule has 0 fully saturated rings. The molecular formula is C12H23NO2. The number of hydrogen-bond acceptors (Lipinski definition) is 2. The third kappa shape index (κ3) is 7.14. The highest BCUT2D eigenvalue weighted by Crippen LogP contribution is 2.15. The zero-order chi connectivity index (χ0) is 11.7. The van der Waals surface area contributed by atoms with Gasteiger partial charge in [0.1, 0.15) is 0 Å². The summed E-state index contributed by atoms with van der Waals surface area (Å²) in [5.74, 6) is -0.599. The molecule has 0 heterocycles. The van der Waals surface area contributed by atoms with Crippen molar-refractivity contribution in [3.05, 3.63) is 12.2 Å². The van der Waals surface area contributed by atoms with Gasteiger partial charge in [-0.15, -0.1) is 0 Å². The monoisotopic (exact) mass is 213 g/mol. The SMILES string of the molecule is CC/C=C/CC(C)CCC(CN)C(=O)O. The zero-order valence-electron chi connectivity index (χ0n) is 9.78. The van der Waals surface area contributed by atoms with Gasteiger partial charge in [0.15, 0.2) is 0 Å². The maximum Gasteiger partial charge on any atom is 0.307 e. The first kappa shape index (κ1) is 14.2. The lowest BCUT2D eigenvalue weighted by atomic mass is 9.95. The maximum absolute atomic E-state index is 10.7. The lowest BCUT2D eigenvalue weighted by Crippen LogP contribution is -2.23. The molecule has 0 aromatic heterocycles. The third-order valence-corrected chi connectivity index (χ3v) is 2.58. The van der Waals surface area contributed by atoms with Crippen molar-refractivity contribution in [2.24, 2.45) is 17.6 Å². The number of carboxylic acid groups (broad SMARTS) is 1. The molecule has 0 aromatic carbocycles. The highest BCUT2D eigenvalue weighted by molar-refractivity contribution is 5.70. The minimum absolute atomic E-state index is 0.243. The minimum atomic E-state index is -0.770. The zero-order valence-corrected chi connectivity index (χ0v) is 9.78. The average molecular weight is 213 g/mol. The van der Waals surface area contributed by atoms with Crippen molar-refractivity contribution in [1.82, 2.24) is 0 Å². The van der Waals surface area contributed by atoms with Crippen LogP contribution in [0.1, 0.15) is 39.5 Å². The summed E-state index contributed by atoms with van der Waals surface area (Å²) in [5.41, 5.74) is 5.39. The molecule has 3 nitrogen and oxygen atoms in total. The number of hydrogen-bond donors (Lipinski definition) is 2. The van der Waals surface area contributed by atoms with Crippen molar-refractivity contribution in [2.75, 3.05) is 6.54 Å². The van der Waals surface area contributed by atoms with Gasteiger partial charge in [0.2, 0.25) is 0 Å². The van der Waals surface area contributed by atoms with Crippen LogP contribution in [-0.4, -0.2) is 17.6 Å². The average Bonchev–Trinajstić information content (AvgIpc) is 2.18. The molecule has 0 saturated carbocycles. The second kappa shape index (κ2) is 8.48. The van der Waals surface area contributed by atoms with Gasteiger partial charge in [-0.3, -0.25) is 4.79 Å². The number of nitrogens with two attached hydrogens (primary N) is 1. The van der Waals surface area contributed by atoms with Crippen molar-refractivity contribution in [2.45, 2.75) is 39.5 Å². The largest absolute Gasteiger partial charge is 0.481 e. The molecule has 0 saturated heterocycles. The van der Waals surface area contributed by atoms with Crippen molar-refractivity contribution in [3.8, 4) is 0 Å². The summed E-state index contributed by atoms with van der Waals surface area (Å²) in [6.07, 6.45) is 8.03. The quantitative estimate of drug-likeness (QED) is 0.609. The Kier molecular flexibility index (Phi) is 8.01. The first-order valence-electron chi connectivity index (χ1n) is 5.69. The van der Waals surface area contributed by atoms with Crippen LogP contribution in [0, 0.1) is 11.8 Å². The van der Waals surface area contributed by atoms with E-state index in [4.69, 9.17) is 10.8 Å². The van der Waals surface area contributed by atoms with Crippen LogP contribution < -0.4 is 5.73 Å². The summed E-state index contributed by atoms with van der Waals surface area (Å²) in [7, 11) is 0. The lowest BCUT2D eigenvalue weighted by Gasteiger charge is -2.12. The molecule has 0 aliphatic rings. The summed E-state index contributed by atoms with van der Waals surface area (Å²) in [5, 5.41) is 8.81. The van der Waals surface area contributed by atoms with Crippen molar-refractivity contribution in [1.29, 1.82) is 0 Å². The van der Waals surface area contributed by atoms with Crippen LogP contribution in [0.2, 0.25) is 0 Å². The van der Waals surface area contributed by atoms with Crippen LogP contribution in [-0.2, 0) is 4.79 Å². The Morgan fingerprint density at radius 3 is 2.53 bits per heavy atom. The number of carboxylic acids is 1. The van der Waals surface area contributed by atoms with Gasteiger partial charge < -0.3 is 10.8 Å². The molecule has 0 rings (SSSR count). The second-order valence-electron chi connectivity index (χ2n) is 4.07. The molecule has 15 heavy (non-hydrogen) atoms. The van der Waals surface area contributed by atoms with E-state index in [9.17, 15) is 4.79 Å². The van der Waals surface area contributed by atoms with E-state index in [1.165, 1.54) is 0 Å². The Balaban J connectivity index is 3.73. The molecule has 3 N–H and O–H groups in total. The summed E-state index contributed by atoms with van der Waals surface area (Å²) in [6, 6.07) is 0. The number of aliphatic carboxylic acids is 1. The van der Waals surface area contributed by atoms with Gasteiger partial charge >= 0.3 is 5.97 Å². The summed E-state index contributed by atoms with van der Waals surface area (Å²) in [6.45, 7) is 4.50. The van der Waals surface area contributed by atoms with Crippen molar-refractivity contribution < 1.29 is 9.90 Å². The molecule has 0 spiro atoms. The molecular weight excluding hydrogens is 190 g/mol. The first-order chi connectivity index (χ1) is 7.11. The van der Waals surface area contributed by atoms with Gasteiger partial charge in [0.05, 0.1) is 5.92 Å². The maximum atomic E-state index is 10.7. The van der Waals surface area contributed by atoms with Crippen molar-refractivity contribution >= 4 is 5.97 Å². The Morgan fingerprint density at radius 2 is 2.07 bits per heavy atom. The number of carbonyl (C=O) groups is 1. The number of allylic oxidation sites excluding steroid dienone is 2. The highest BCUT2D eigenvalue weighted by Gasteiger charge is 2.15. The second-order valence-corrected chi connectivity index (χ2v) is 4.07. The topological polar surface area (TPSA) is 63.3 Å². The van der Waals surface area contributed by atoms with Crippen molar-refractivity contribution in [3.63, 3.8) is 0 Å². The molecule has 88 valence electrons. The smallest absolute Gasteiger partial charge is 0.307 e. The summed E-state index contributed by atoms with van der Waals surface area (Å²) < 4.78 is 0. The molecule has 0 bridgehead atoms. The van der Waals surface area contributed by atoms with Gasteiger partial charge in [0.25, 0.3) is 0 Å². The molecule has 0 aliphatic carbocycles. The van der Waals surface area contributed by atoms with E-state index in [-0.39, 0.29) is 12.5 Å². The summed E-state index contributed by atoms with van der Waals surface area (Å²) >= 11 is 0. The molecule has 0 aliphatic heterocycles. The van der Waals surface area contributed by atoms with Crippen LogP contribution in [0.5, 0.6) is 0 Å². The van der Waals surface area contributed by atoms with Crippen LogP contribution in [0.25, 0.3) is 0 Å². The molecule has 0 aromatic rings. The van der Waals surface area contributed by atoms with E-state index < -0.39 is 5.97 Å². The molecule has 0 radical (unpaired) electrons. The fraction of sp³-hybridized carbons (Fsp3) is 0.750.